The zero-order valence-corrected chi connectivity index (χ0v) is 9.90. The predicted molar refractivity (Wildman–Crippen MR) is 64.3 cm³/mol. The van der Waals surface area contributed by atoms with Crippen LogP contribution >= 0.6 is 15.9 Å². The van der Waals surface area contributed by atoms with Gasteiger partial charge in [-0.15, -0.1) is 0 Å². The van der Waals surface area contributed by atoms with Crippen molar-refractivity contribution in [2.24, 2.45) is 5.73 Å². The summed E-state index contributed by atoms with van der Waals surface area (Å²) < 4.78 is 6.19. The number of hydrogen-bond acceptors (Lipinski definition) is 3. The lowest BCUT2D eigenvalue weighted by molar-refractivity contribution is 0.201. The molecule has 1 atom stereocenters. The molecule has 0 spiro atoms. The average molecular weight is 270 g/mol. The van der Waals surface area contributed by atoms with Crippen LogP contribution < -0.4 is 10.5 Å². The minimum absolute atomic E-state index is 0.00562. The van der Waals surface area contributed by atoms with E-state index in [2.05, 4.69) is 15.9 Å². The Labute approximate surface area is 99.2 Å². The highest BCUT2D eigenvalue weighted by atomic mass is 79.9. The highest BCUT2D eigenvalue weighted by Gasteiger charge is 2.08. The minimum atomic E-state index is -0.211. The average Bonchev–Trinajstić information content (AvgIpc) is 2.27. The number of hydrogen-bond donors (Lipinski definition) is 2. The molecule has 0 bridgehead atoms. The molecule has 0 amide bonds. The lowest BCUT2D eigenvalue weighted by atomic mass is 9.81. The molecule has 0 aliphatic carbocycles. The van der Waals surface area contributed by atoms with Gasteiger partial charge in [-0.2, -0.15) is 0 Å². The van der Waals surface area contributed by atoms with Crippen LogP contribution in [0.5, 0.6) is 5.75 Å². The van der Waals surface area contributed by atoms with E-state index in [0.29, 0.717) is 12.3 Å². The Kier molecular flexibility index (Phi) is 5.15. The Hall–Kier alpha value is -0.515. The molecule has 0 heterocycles. The van der Waals surface area contributed by atoms with Crippen molar-refractivity contribution in [2.45, 2.75) is 5.82 Å². The maximum atomic E-state index is 8.63. The van der Waals surface area contributed by atoms with Crippen molar-refractivity contribution in [1.29, 1.82) is 0 Å². The third-order valence-corrected chi connectivity index (χ3v) is 2.70. The molecule has 0 saturated carbocycles. The third kappa shape index (κ3) is 3.52. The second-order valence-electron chi connectivity index (χ2n) is 3.10. The topological polar surface area (TPSA) is 55.5 Å². The van der Waals surface area contributed by atoms with Crippen LogP contribution in [0.3, 0.4) is 0 Å². The molecule has 1 aromatic rings. The van der Waals surface area contributed by atoms with Crippen molar-refractivity contribution in [3.63, 3.8) is 0 Å². The molecule has 80 valence electrons. The van der Waals surface area contributed by atoms with Crippen LogP contribution in [-0.4, -0.2) is 32.7 Å². The van der Waals surface area contributed by atoms with E-state index in [-0.39, 0.29) is 19.0 Å². The van der Waals surface area contributed by atoms with Crippen LogP contribution in [-0.2, 0) is 0 Å². The number of aliphatic hydroxyl groups excluding tert-OH is 1. The molecule has 1 rings (SSSR count). The van der Waals surface area contributed by atoms with E-state index in [4.69, 9.17) is 23.4 Å². The second kappa shape index (κ2) is 6.15. The predicted octanol–water partition coefficient (Wildman–Crippen LogP) is 0.988. The summed E-state index contributed by atoms with van der Waals surface area (Å²) in [7, 11) is 5.83. The van der Waals surface area contributed by atoms with Crippen molar-refractivity contribution < 1.29 is 9.84 Å². The minimum Gasteiger partial charge on any atom is -0.491 e. The molecule has 1 aromatic carbocycles. The number of aliphatic hydroxyl groups is 1. The smallest absolute Gasteiger partial charge is 0.119 e. The number of rotatable bonds is 5. The van der Waals surface area contributed by atoms with Gasteiger partial charge in [0.05, 0.1) is 14.5 Å². The first-order valence-electron chi connectivity index (χ1n) is 4.67. The van der Waals surface area contributed by atoms with Crippen molar-refractivity contribution in [1.82, 2.24) is 0 Å². The molecule has 0 aromatic heterocycles. The lowest BCUT2D eigenvalue weighted by Gasteiger charge is -2.13. The Morgan fingerprint density at radius 1 is 1.53 bits per heavy atom. The Balaban J connectivity index is 2.84. The quantitative estimate of drug-likeness (QED) is 0.784. The zero-order valence-electron chi connectivity index (χ0n) is 8.32. The summed E-state index contributed by atoms with van der Waals surface area (Å²) >= 11 is 3.40. The van der Waals surface area contributed by atoms with Gasteiger partial charge in [0.1, 0.15) is 12.4 Å². The highest BCUT2D eigenvalue weighted by Crippen LogP contribution is 2.27. The van der Waals surface area contributed by atoms with Crippen molar-refractivity contribution in [3.05, 3.63) is 28.2 Å². The number of ether oxygens (including phenoxy) is 1. The third-order valence-electron chi connectivity index (χ3n) is 1.98. The van der Waals surface area contributed by atoms with E-state index >= 15 is 0 Å². The molecule has 2 radical (unpaired) electrons. The van der Waals surface area contributed by atoms with Crippen LogP contribution in [0, 0.1) is 0 Å². The van der Waals surface area contributed by atoms with Gasteiger partial charge in [0, 0.05) is 4.47 Å². The number of halogens is 1. The molecule has 5 heteroatoms. The van der Waals surface area contributed by atoms with E-state index < -0.39 is 0 Å². The maximum Gasteiger partial charge on any atom is 0.119 e. The van der Waals surface area contributed by atoms with Crippen LogP contribution in [0.4, 0.5) is 0 Å². The first kappa shape index (κ1) is 12.6. The Morgan fingerprint density at radius 2 is 2.27 bits per heavy atom. The molecule has 0 aliphatic heterocycles. The van der Waals surface area contributed by atoms with Gasteiger partial charge in [-0.25, -0.2) is 0 Å². The van der Waals surface area contributed by atoms with Crippen molar-refractivity contribution in [3.8, 4) is 5.75 Å². The molecule has 0 aliphatic rings. The summed E-state index contributed by atoms with van der Waals surface area (Å²) in [6.45, 7) is 0.648. The van der Waals surface area contributed by atoms with Crippen LogP contribution in [0.25, 0.3) is 0 Å². The van der Waals surface area contributed by atoms with Crippen LogP contribution in [0.2, 0.25) is 0 Å². The molecule has 0 saturated heterocycles. The van der Waals surface area contributed by atoms with Crippen molar-refractivity contribution in [2.75, 3.05) is 19.8 Å². The fourth-order valence-corrected chi connectivity index (χ4v) is 1.73. The molecule has 0 fully saturated rings. The van der Waals surface area contributed by atoms with E-state index in [9.17, 15) is 0 Å². The summed E-state index contributed by atoms with van der Waals surface area (Å²) in [5, 5.41) is 8.63. The summed E-state index contributed by atoms with van der Waals surface area (Å²) in [5.74, 6) is 0.475. The van der Waals surface area contributed by atoms with Gasteiger partial charge in [-0.05, 0) is 36.1 Å². The van der Waals surface area contributed by atoms with Crippen LogP contribution in [0.1, 0.15) is 11.4 Å². The molecular weight excluding hydrogens is 257 g/mol. The first-order valence-corrected chi connectivity index (χ1v) is 5.47. The monoisotopic (exact) mass is 269 g/mol. The molecular formula is C10H13BBrNO2. The van der Waals surface area contributed by atoms with Gasteiger partial charge in [-0.3, -0.25) is 0 Å². The maximum absolute atomic E-state index is 8.63. The normalized spacial score (nSPS) is 12.5. The summed E-state index contributed by atoms with van der Waals surface area (Å²) in [5.41, 5.74) is 6.41. The number of benzene rings is 1. The summed E-state index contributed by atoms with van der Waals surface area (Å²) in [6.07, 6.45) is 0. The summed E-state index contributed by atoms with van der Waals surface area (Å²) in [6, 6.07) is 5.50. The zero-order chi connectivity index (χ0) is 11.3. The van der Waals surface area contributed by atoms with Crippen LogP contribution in [0.15, 0.2) is 22.7 Å². The van der Waals surface area contributed by atoms with Gasteiger partial charge in [0.2, 0.25) is 0 Å². The second-order valence-corrected chi connectivity index (χ2v) is 3.95. The molecule has 3 N–H and O–H groups in total. The van der Waals surface area contributed by atoms with Crippen molar-refractivity contribution >= 4 is 23.8 Å². The Bertz CT molecular complexity index is 322. The van der Waals surface area contributed by atoms with E-state index in [1.807, 2.05) is 18.2 Å². The number of nitrogens with two attached hydrogens (primary N) is 1. The fourth-order valence-electron chi connectivity index (χ4n) is 1.19. The SMILES string of the molecule is [B]C(CN)c1cc(OCCO)ccc1Br. The van der Waals surface area contributed by atoms with E-state index in [1.54, 1.807) is 0 Å². The van der Waals surface area contributed by atoms with Gasteiger partial charge in [-0.1, -0.05) is 15.9 Å². The largest absolute Gasteiger partial charge is 0.491 e. The molecule has 15 heavy (non-hydrogen) atoms. The Morgan fingerprint density at radius 3 is 2.87 bits per heavy atom. The van der Waals surface area contributed by atoms with E-state index in [1.165, 1.54) is 0 Å². The first-order chi connectivity index (χ1) is 7.19. The molecule has 3 nitrogen and oxygen atoms in total. The summed E-state index contributed by atoms with van der Waals surface area (Å²) in [4.78, 5) is 0. The highest BCUT2D eigenvalue weighted by molar-refractivity contribution is 9.10. The standard InChI is InChI=1S/C10H13BBrNO2/c11-9(6-13)8-5-7(15-4-3-14)1-2-10(8)12/h1-2,5,9,14H,3-4,6,13H2. The van der Waals surface area contributed by atoms with Gasteiger partial charge < -0.3 is 15.6 Å². The van der Waals surface area contributed by atoms with E-state index in [0.717, 1.165) is 10.0 Å². The lowest BCUT2D eigenvalue weighted by Crippen LogP contribution is -2.13. The van der Waals surface area contributed by atoms with Gasteiger partial charge in [0.25, 0.3) is 0 Å². The van der Waals surface area contributed by atoms with Gasteiger partial charge >= 0.3 is 0 Å². The fraction of sp³-hybridized carbons (Fsp3) is 0.400. The van der Waals surface area contributed by atoms with Gasteiger partial charge in [0.15, 0.2) is 0 Å². The molecule has 1 unspecified atom stereocenters.